The van der Waals surface area contributed by atoms with Crippen molar-refractivity contribution in [3.63, 3.8) is 0 Å². The molecule has 104 valence electrons. The molecule has 0 aliphatic carbocycles. The largest absolute Gasteiger partial charge is 0.481 e. The molecule has 1 heterocycles. The van der Waals surface area contributed by atoms with Crippen LogP contribution in [-0.4, -0.2) is 21.0 Å². The molecule has 0 spiro atoms. The normalized spacial score (nSPS) is 12.1. The summed E-state index contributed by atoms with van der Waals surface area (Å²) < 4.78 is 0. The molecular weight excluding hydrogens is 280 g/mol. The second-order valence-corrected chi connectivity index (χ2v) is 5.42. The first-order valence-electron chi connectivity index (χ1n) is 5.86. The van der Waals surface area contributed by atoms with Crippen molar-refractivity contribution in [3.8, 4) is 0 Å². The summed E-state index contributed by atoms with van der Waals surface area (Å²) in [6, 6.07) is 7.51. The Morgan fingerprint density at radius 1 is 1.45 bits per heavy atom. The summed E-state index contributed by atoms with van der Waals surface area (Å²) in [5.74, 6) is -1.90. The summed E-state index contributed by atoms with van der Waals surface area (Å²) in [5.41, 5.74) is 1.95. The first-order valence-corrected chi connectivity index (χ1v) is 6.67. The minimum Gasteiger partial charge on any atom is -0.481 e. The van der Waals surface area contributed by atoms with Gasteiger partial charge in [-0.3, -0.25) is 14.9 Å². The molecule has 20 heavy (non-hydrogen) atoms. The lowest BCUT2D eigenvalue weighted by molar-refractivity contribution is -0.380. The van der Waals surface area contributed by atoms with Gasteiger partial charge in [-0.2, -0.15) is 0 Å². The van der Waals surface area contributed by atoms with Gasteiger partial charge in [0.15, 0.2) is 0 Å². The molecular formula is C13H12N2O4S. The zero-order valence-corrected chi connectivity index (χ0v) is 11.5. The molecule has 1 unspecified atom stereocenters. The Morgan fingerprint density at radius 2 is 2.10 bits per heavy atom. The van der Waals surface area contributed by atoms with Crippen LogP contribution in [0.25, 0.3) is 0 Å². The number of rotatable bonds is 5. The minimum absolute atomic E-state index is 0.143. The van der Waals surface area contributed by atoms with Crippen LogP contribution in [0.1, 0.15) is 22.1 Å². The average Bonchev–Trinajstić information content (AvgIpc) is 2.87. The zero-order valence-electron chi connectivity index (χ0n) is 10.6. The molecule has 1 N–H and O–H groups in total. The number of carboxylic acid groups (broad SMARTS) is 1. The molecule has 7 heteroatoms. The van der Waals surface area contributed by atoms with Crippen molar-refractivity contribution in [1.29, 1.82) is 0 Å². The van der Waals surface area contributed by atoms with Crippen LogP contribution in [0.5, 0.6) is 0 Å². The Kier molecular flexibility index (Phi) is 4.09. The fraction of sp³-hybridized carbons (Fsp3) is 0.231. The van der Waals surface area contributed by atoms with Crippen LogP contribution in [0, 0.1) is 17.0 Å². The Labute approximate surface area is 118 Å². The molecule has 1 atom stereocenters. The standard InChI is InChI=1S/C13H12N2O4S/c1-8-2-4-9(5-3-8)6-10(13(16)17)12-14-7-11(20-12)15(18)19/h2-5,7,10H,6H2,1H3,(H,16,17). The highest BCUT2D eigenvalue weighted by Crippen LogP contribution is 2.29. The molecule has 0 aliphatic rings. The highest BCUT2D eigenvalue weighted by molar-refractivity contribution is 7.15. The molecule has 2 aromatic rings. The Balaban J connectivity index is 2.24. The summed E-state index contributed by atoms with van der Waals surface area (Å²) in [4.78, 5) is 25.3. The first-order chi connectivity index (χ1) is 9.47. The van der Waals surface area contributed by atoms with E-state index in [1.165, 1.54) is 0 Å². The molecule has 2 rings (SSSR count). The van der Waals surface area contributed by atoms with Gasteiger partial charge in [0, 0.05) is 0 Å². The van der Waals surface area contributed by atoms with E-state index in [4.69, 9.17) is 0 Å². The number of aliphatic carboxylic acids is 1. The fourth-order valence-electron chi connectivity index (χ4n) is 1.76. The summed E-state index contributed by atoms with van der Waals surface area (Å²) in [6.07, 6.45) is 1.37. The van der Waals surface area contributed by atoms with Gasteiger partial charge in [0.2, 0.25) is 0 Å². The predicted octanol–water partition coefficient (Wildman–Crippen LogP) is 2.77. The third kappa shape index (κ3) is 3.18. The van der Waals surface area contributed by atoms with E-state index in [9.17, 15) is 20.0 Å². The number of carbonyl (C=O) groups is 1. The lowest BCUT2D eigenvalue weighted by Gasteiger charge is -2.09. The van der Waals surface area contributed by atoms with Gasteiger partial charge < -0.3 is 5.11 Å². The number of benzene rings is 1. The third-order valence-electron chi connectivity index (χ3n) is 2.85. The van der Waals surface area contributed by atoms with Crippen LogP contribution < -0.4 is 0 Å². The predicted molar refractivity (Wildman–Crippen MR) is 74.0 cm³/mol. The maximum absolute atomic E-state index is 11.3. The molecule has 0 saturated heterocycles. The van der Waals surface area contributed by atoms with Crippen LogP contribution >= 0.6 is 11.3 Å². The Bertz CT molecular complexity index is 636. The van der Waals surface area contributed by atoms with Gasteiger partial charge in [0.25, 0.3) is 0 Å². The van der Waals surface area contributed by atoms with Gasteiger partial charge in [0.05, 0.1) is 4.92 Å². The Morgan fingerprint density at radius 3 is 2.60 bits per heavy atom. The molecule has 0 bridgehead atoms. The SMILES string of the molecule is Cc1ccc(CC(C(=O)O)c2ncc([N+](=O)[O-])s2)cc1. The van der Waals surface area contributed by atoms with Crippen molar-refractivity contribution < 1.29 is 14.8 Å². The van der Waals surface area contributed by atoms with E-state index in [1.54, 1.807) is 0 Å². The maximum Gasteiger partial charge on any atom is 0.343 e. The van der Waals surface area contributed by atoms with Gasteiger partial charge in [-0.25, -0.2) is 4.98 Å². The van der Waals surface area contributed by atoms with Crippen molar-refractivity contribution in [3.05, 3.63) is 56.7 Å². The van der Waals surface area contributed by atoms with Crippen LogP contribution in [0.3, 0.4) is 0 Å². The summed E-state index contributed by atoms with van der Waals surface area (Å²) in [5, 5.41) is 20.0. The topological polar surface area (TPSA) is 93.3 Å². The lowest BCUT2D eigenvalue weighted by Crippen LogP contribution is -2.14. The summed E-state index contributed by atoms with van der Waals surface area (Å²) >= 11 is 0.809. The van der Waals surface area contributed by atoms with E-state index in [0.29, 0.717) is 0 Å². The number of nitrogens with zero attached hydrogens (tertiary/aromatic N) is 2. The van der Waals surface area contributed by atoms with Crippen LogP contribution in [0.15, 0.2) is 30.5 Å². The van der Waals surface area contributed by atoms with Crippen LogP contribution in [-0.2, 0) is 11.2 Å². The zero-order chi connectivity index (χ0) is 14.7. The number of thiazole rings is 1. The van der Waals surface area contributed by atoms with Crippen LogP contribution in [0.2, 0.25) is 0 Å². The molecule has 0 radical (unpaired) electrons. The highest BCUT2D eigenvalue weighted by Gasteiger charge is 2.26. The number of hydrogen-bond donors (Lipinski definition) is 1. The van der Waals surface area contributed by atoms with E-state index in [0.717, 1.165) is 28.7 Å². The summed E-state index contributed by atoms with van der Waals surface area (Å²) in [6.45, 7) is 1.95. The quantitative estimate of drug-likeness (QED) is 0.675. The first kappa shape index (κ1) is 14.1. The van der Waals surface area contributed by atoms with Crippen molar-refractivity contribution in [2.45, 2.75) is 19.3 Å². The molecule has 0 amide bonds. The van der Waals surface area contributed by atoms with Gasteiger partial charge >= 0.3 is 11.0 Å². The van der Waals surface area contributed by atoms with E-state index in [1.807, 2.05) is 31.2 Å². The molecule has 1 aromatic heterocycles. The third-order valence-corrected chi connectivity index (χ3v) is 3.91. The fourth-order valence-corrected chi connectivity index (χ4v) is 2.59. The molecule has 0 aliphatic heterocycles. The van der Waals surface area contributed by atoms with Gasteiger partial charge in [0.1, 0.15) is 17.1 Å². The van der Waals surface area contributed by atoms with Crippen molar-refractivity contribution >= 4 is 22.3 Å². The van der Waals surface area contributed by atoms with Gasteiger partial charge in [-0.05, 0) is 30.2 Å². The van der Waals surface area contributed by atoms with E-state index in [-0.39, 0.29) is 16.4 Å². The second kappa shape index (κ2) is 5.79. The molecule has 1 aromatic carbocycles. The van der Waals surface area contributed by atoms with Gasteiger partial charge in [-0.15, -0.1) is 0 Å². The second-order valence-electron chi connectivity index (χ2n) is 4.37. The number of carboxylic acids is 1. The van der Waals surface area contributed by atoms with E-state index < -0.39 is 16.8 Å². The monoisotopic (exact) mass is 292 g/mol. The average molecular weight is 292 g/mol. The minimum atomic E-state index is -1.03. The molecule has 0 fully saturated rings. The van der Waals surface area contributed by atoms with Crippen molar-refractivity contribution in [2.24, 2.45) is 0 Å². The smallest absolute Gasteiger partial charge is 0.343 e. The molecule has 0 saturated carbocycles. The number of aryl methyl sites for hydroxylation is 1. The van der Waals surface area contributed by atoms with Crippen LogP contribution in [0.4, 0.5) is 5.00 Å². The maximum atomic E-state index is 11.3. The van der Waals surface area contributed by atoms with Crippen molar-refractivity contribution in [2.75, 3.05) is 0 Å². The Hall–Kier alpha value is -2.28. The van der Waals surface area contributed by atoms with E-state index >= 15 is 0 Å². The number of hydrogen-bond acceptors (Lipinski definition) is 5. The van der Waals surface area contributed by atoms with E-state index in [2.05, 4.69) is 4.98 Å². The lowest BCUT2D eigenvalue weighted by atomic mass is 9.99. The summed E-state index contributed by atoms with van der Waals surface area (Å²) in [7, 11) is 0. The number of aromatic nitrogens is 1. The molecule has 6 nitrogen and oxygen atoms in total. The van der Waals surface area contributed by atoms with Crippen molar-refractivity contribution in [1.82, 2.24) is 4.98 Å². The van der Waals surface area contributed by atoms with Gasteiger partial charge in [-0.1, -0.05) is 29.8 Å². The highest BCUT2D eigenvalue weighted by atomic mass is 32.1. The number of nitro groups is 1.